The van der Waals surface area contributed by atoms with Crippen molar-refractivity contribution >= 4 is 29.3 Å². The van der Waals surface area contributed by atoms with Gasteiger partial charge in [-0.1, -0.05) is 0 Å². The van der Waals surface area contributed by atoms with Crippen molar-refractivity contribution in [2.75, 3.05) is 14.2 Å². The van der Waals surface area contributed by atoms with Crippen LogP contribution in [0.3, 0.4) is 0 Å². The number of thiocarbonyl (C=S) groups is 1. The molecule has 0 aliphatic carbocycles. The first-order valence-electron chi connectivity index (χ1n) is 3.87. The van der Waals surface area contributed by atoms with Gasteiger partial charge in [-0.15, -0.1) is 0 Å². The molecule has 0 radical (unpaired) electrons. The van der Waals surface area contributed by atoms with E-state index in [0.717, 1.165) is 0 Å². The van der Waals surface area contributed by atoms with Gasteiger partial charge in [0.15, 0.2) is 6.04 Å². The summed E-state index contributed by atoms with van der Waals surface area (Å²) in [7, 11) is 2.52. The average molecular weight is 217 g/mol. The fourth-order valence-electron chi connectivity index (χ4n) is 0.791. The molecule has 0 N–H and O–H groups in total. The summed E-state index contributed by atoms with van der Waals surface area (Å²) in [5, 5.41) is 2.08. The third-order valence-corrected chi connectivity index (χ3v) is 1.64. The molecule has 0 aliphatic heterocycles. The normalized spacial score (nSPS) is 11.0. The maximum Gasteiger partial charge on any atom is 0.331 e. The van der Waals surface area contributed by atoms with Gasteiger partial charge >= 0.3 is 11.9 Å². The molecule has 0 aromatic heterocycles. The second-order valence-electron chi connectivity index (χ2n) is 2.37. The van der Waals surface area contributed by atoms with Gasteiger partial charge in [-0.2, -0.15) is 0 Å². The van der Waals surface area contributed by atoms with E-state index < -0.39 is 18.0 Å². The molecule has 0 bridgehead atoms. The molecule has 6 heteroatoms. The largest absolute Gasteiger partial charge is 0.469 e. The first kappa shape index (κ1) is 12.7. The van der Waals surface area contributed by atoms with Crippen LogP contribution in [0.25, 0.3) is 0 Å². The highest BCUT2D eigenvalue weighted by atomic mass is 32.1. The SMILES string of the molecule is COC(=O)CC[C@H](N=C=S)C(=O)OC. The number of carbonyl (C=O) groups excluding carboxylic acids is 2. The molecule has 1 atom stereocenters. The third kappa shape index (κ3) is 4.69. The molecule has 0 rings (SSSR count). The van der Waals surface area contributed by atoms with Crippen LogP contribution in [0.1, 0.15) is 12.8 Å². The molecule has 0 saturated carbocycles. The van der Waals surface area contributed by atoms with E-state index in [9.17, 15) is 9.59 Å². The second kappa shape index (κ2) is 7.17. The third-order valence-electron chi connectivity index (χ3n) is 1.53. The summed E-state index contributed by atoms with van der Waals surface area (Å²) in [4.78, 5) is 25.4. The van der Waals surface area contributed by atoms with Crippen LogP contribution >= 0.6 is 12.2 Å². The predicted molar refractivity (Wildman–Crippen MR) is 52.1 cm³/mol. The molecule has 0 spiro atoms. The zero-order valence-electron chi connectivity index (χ0n) is 7.98. The maximum atomic E-state index is 11.0. The minimum atomic E-state index is -0.767. The van der Waals surface area contributed by atoms with E-state index in [-0.39, 0.29) is 12.8 Å². The monoisotopic (exact) mass is 217 g/mol. The van der Waals surface area contributed by atoms with Gasteiger partial charge in [0.25, 0.3) is 0 Å². The van der Waals surface area contributed by atoms with Crippen LogP contribution < -0.4 is 0 Å². The highest BCUT2D eigenvalue weighted by molar-refractivity contribution is 7.78. The summed E-state index contributed by atoms with van der Waals surface area (Å²) in [5.41, 5.74) is 0. The van der Waals surface area contributed by atoms with Gasteiger partial charge in [0, 0.05) is 6.42 Å². The number of hydrogen-bond acceptors (Lipinski definition) is 6. The van der Waals surface area contributed by atoms with Gasteiger partial charge in [-0.3, -0.25) is 4.79 Å². The van der Waals surface area contributed by atoms with Crippen LogP contribution in [0.2, 0.25) is 0 Å². The number of methoxy groups -OCH3 is 2. The first-order valence-corrected chi connectivity index (χ1v) is 4.28. The van der Waals surface area contributed by atoms with Crippen LogP contribution in [0, 0.1) is 0 Å². The predicted octanol–water partition coefficient (Wildman–Crippen LogP) is 0.584. The fourth-order valence-corrected chi connectivity index (χ4v) is 0.919. The van der Waals surface area contributed by atoms with E-state index in [1.54, 1.807) is 0 Å². The minimum absolute atomic E-state index is 0.0940. The maximum absolute atomic E-state index is 11.0. The molecular weight excluding hydrogens is 206 g/mol. The standard InChI is InChI=1S/C8H11NO4S/c1-12-7(10)4-3-6(9-5-14)8(11)13-2/h6H,3-4H2,1-2H3/t6-/m0/s1. The van der Waals surface area contributed by atoms with Crippen molar-refractivity contribution in [3.05, 3.63) is 0 Å². The van der Waals surface area contributed by atoms with E-state index in [4.69, 9.17) is 0 Å². The highest BCUT2D eigenvalue weighted by Gasteiger charge is 2.18. The lowest BCUT2D eigenvalue weighted by Gasteiger charge is -2.06. The molecule has 0 amide bonds. The molecule has 0 aliphatic rings. The Labute approximate surface area is 87.1 Å². The van der Waals surface area contributed by atoms with Crippen molar-refractivity contribution < 1.29 is 19.1 Å². The van der Waals surface area contributed by atoms with E-state index in [2.05, 4.69) is 31.8 Å². The Morgan fingerprint density at radius 3 is 2.50 bits per heavy atom. The summed E-state index contributed by atoms with van der Waals surface area (Å²) in [6.45, 7) is 0. The number of isothiocyanates is 1. The fraction of sp³-hybridized carbons (Fsp3) is 0.625. The quantitative estimate of drug-likeness (QED) is 0.383. The number of aliphatic imine (C=N–C) groups is 1. The van der Waals surface area contributed by atoms with Crippen molar-refractivity contribution in [1.82, 2.24) is 0 Å². The van der Waals surface area contributed by atoms with Crippen LogP contribution in [-0.4, -0.2) is 37.4 Å². The second-order valence-corrected chi connectivity index (χ2v) is 2.56. The average Bonchev–Trinajstić information content (AvgIpc) is 2.22. The molecule has 0 saturated heterocycles. The van der Waals surface area contributed by atoms with Crippen LogP contribution in [0.5, 0.6) is 0 Å². The summed E-state index contributed by atoms with van der Waals surface area (Å²) in [6.07, 6.45) is 0.305. The van der Waals surface area contributed by atoms with Crippen molar-refractivity contribution in [2.45, 2.75) is 18.9 Å². The van der Waals surface area contributed by atoms with Crippen LogP contribution in [-0.2, 0) is 19.1 Å². The lowest BCUT2D eigenvalue weighted by atomic mass is 10.2. The summed E-state index contributed by atoms with van der Waals surface area (Å²) < 4.78 is 8.87. The number of rotatable bonds is 5. The Kier molecular flexibility index (Phi) is 6.53. The molecule has 0 fully saturated rings. The smallest absolute Gasteiger partial charge is 0.331 e. The topological polar surface area (TPSA) is 65.0 Å². The lowest BCUT2D eigenvalue weighted by Crippen LogP contribution is -2.21. The lowest BCUT2D eigenvalue weighted by molar-refractivity contribution is -0.143. The Morgan fingerprint density at radius 2 is 2.07 bits per heavy atom. The zero-order chi connectivity index (χ0) is 11.0. The van der Waals surface area contributed by atoms with Crippen molar-refractivity contribution in [3.8, 4) is 0 Å². The Balaban J connectivity index is 4.17. The molecule has 78 valence electrons. The van der Waals surface area contributed by atoms with Crippen LogP contribution in [0.4, 0.5) is 0 Å². The Bertz CT molecular complexity index is 260. The van der Waals surface area contributed by atoms with Gasteiger partial charge in [0.05, 0.1) is 19.4 Å². The summed E-state index contributed by atoms with van der Waals surface area (Å²) >= 11 is 4.36. The van der Waals surface area contributed by atoms with Crippen molar-refractivity contribution in [1.29, 1.82) is 0 Å². The zero-order valence-corrected chi connectivity index (χ0v) is 8.80. The Morgan fingerprint density at radius 1 is 1.43 bits per heavy atom. The molecule has 0 aromatic rings. The Hall–Kier alpha value is -1.26. The number of carbonyl (C=O) groups is 2. The minimum Gasteiger partial charge on any atom is -0.469 e. The molecule has 0 unspecified atom stereocenters. The van der Waals surface area contributed by atoms with Gasteiger partial charge < -0.3 is 9.47 Å². The summed E-state index contributed by atoms with van der Waals surface area (Å²) in [5.74, 6) is -0.940. The number of nitrogens with zero attached hydrogens (tertiary/aromatic N) is 1. The van der Waals surface area contributed by atoms with E-state index >= 15 is 0 Å². The molecule has 5 nitrogen and oxygen atoms in total. The van der Waals surface area contributed by atoms with Gasteiger partial charge in [0.1, 0.15) is 0 Å². The van der Waals surface area contributed by atoms with Crippen LogP contribution in [0.15, 0.2) is 4.99 Å². The molecule has 0 heterocycles. The summed E-state index contributed by atoms with van der Waals surface area (Å²) in [6, 6.07) is -0.767. The number of esters is 2. The van der Waals surface area contributed by atoms with E-state index in [1.807, 2.05) is 0 Å². The van der Waals surface area contributed by atoms with Gasteiger partial charge in [0.2, 0.25) is 0 Å². The highest BCUT2D eigenvalue weighted by Crippen LogP contribution is 2.04. The number of hydrogen-bond donors (Lipinski definition) is 0. The van der Waals surface area contributed by atoms with E-state index in [0.29, 0.717) is 0 Å². The van der Waals surface area contributed by atoms with Crippen molar-refractivity contribution in [3.63, 3.8) is 0 Å². The van der Waals surface area contributed by atoms with E-state index in [1.165, 1.54) is 14.2 Å². The number of ether oxygens (including phenoxy) is 2. The molecule has 14 heavy (non-hydrogen) atoms. The molecular formula is C8H11NO4S. The van der Waals surface area contributed by atoms with Gasteiger partial charge in [-0.25, -0.2) is 9.79 Å². The first-order chi connectivity index (χ1) is 6.65. The molecule has 0 aromatic carbocycles. The van der Waals surface area contributed by atoms with Gasteiger partial charge in [-0.05, 0) is 18.6 Å². The van der Waals surface area contributed by atoms with Crippen molar-refractivity contribution in [2.24, 2.45) is 4.99 Å².